The van der Waals surface area contributed by atoms with Crippen molar-refractivity contribution >= 4 is 23.2 Å². The summed E-state index contributed by atoms with van der Waals surface area (Å²) >= 11 is 5.68. The molecule has 0 aromatic carbocycles. The van der Waals surface area contributed by atoms with E-state index < -0.39 is 4.92 Å². The number of hydrogen-bond acceptors (Lipinski definition) is 3. The Morgan fingerprint density at radius 2 is 2.32 bits per heavy atom. The minimum absolute atomic E-state index is 0.0829. The Labute approximate surface area is 116 Å². The number of nitrogens with zero attached hydrogens (tertiary/aromatic N) is 2. The van der Waals surface area contributed by atoms with Gasteiger partial charge in [-0.3, -0.25) is 14.9 Å². The van der Waals surface area contributed by atoms with Gasteiger partial charge in [-0.15, -0.1) is 11.6 Å². The number of amides is 1. The van der Waals surface area contributed by atoms with Gasteiger partial charge in [-0.1, -0.05) is 13.3 Å². The van der Waals surface area contributed by atoms with Crippen molar-refractivity contribution in [3.05, 3.63) is 28.1 Å². The lowest BCUT2D eigenvalue weighted by atomic mass is 10.0. The highest BCUT2D eigenvalue weighted by atomic mass is 35.5. The van der Waals surface area contributed by atoms with E-state index in [9.17, 15) is 14.9 Å². The second-order valence-electron chi connectivity index (χ2n) is 4.41. The summed E-state index contributed by atoms with van der Waals surface area (Å²) in [7, 11) is 1.61. The van der Waals surface area contributed by atoms with Crippen LogP contribution >= 0.6 is 11.6 Å². The van der Waals surface area contributed by atoms with Gasteiger partial charge in [0.1, 0.15) is 5.69 Å². The molecule has 0 saturated heterocycles. The van der Waals surface area contributed by atoms with Crippen molar-refractivity contribution in [1.29, 1.82) is 0 Å². The van der Waals surface area contributed by atoms with E-state index in [4.69, 9.17) is 11.6 Å². The van der Waals surface area contributed by atoms with Crippen molar-refractivity contribution in [3.8, 4) is 0 Å². The maximum absolute atomic E-state index is 11.9. The van der Waals surface area contributed by atoms with Crippen molar-refractivity contribution in [2.75, 3.05) is 12.4 Å². The summed E-state index contributed by atoms with van der Waals surface area (Å²) in [5.41, 5.74) is 0.202. The zero-order valence-corrected chi connectivity index (χ0v) is 11.8. The molecule has 0 radical (unpaired) electrons. The minimum Gasteiger partial charge on any atom is -0.350 e. The number of aromatic nitrogens is 1. The van der Waals surface area contributed by atoms with Gasteiger partial charge >= 0.3 is 0 Å². The van der Waals surface area contributed by atoms with E-state index in [0.29, 0.717) is 18.3 Å². The Kier molecular flexibility index (Phi) is 5.82. The number of nitro groups is 1. The number of halogens is 1. The summed E-state index contributed by atoms with van der Waals surface area (Å²) in [6.07, 6.45) is 3.09. The van der Waals surface area contributed by atoms with Crippen LogP contribution in [0.2, 0.25) is 0 Å². The van der Waals surface area contributed by atoms with E-state index in [1.165, 1.54) is 16.8 Å². The van der Waals surface area contributed by atoms with Crippen molar-refractivity contribution in [2.45, 2.75) is 19.8 Å². The average Bonchev–Trinajstić information content (AvgIpc) is 2.76. The number of nitrogens with one attached hydrogen (secondary N) is 1. The summed E-state index contributed by atoms with van der Waals surface area (Å²) in [4.78, 5) is 22.1. The molecule has 1 rings (SSSR count). The average molecular weight is 288 g/mol. The Hall–Kier alpha value is -1.56. The molecule has 19 heavy (non-hydrogen) atoms. The molecule has 0 saturated carbocycles. The smallest absolute Gasteiger partial charge is 0.287 e. The fourth-order valence-electron chi connectivity index (χ4n) is 1.81. The molecule has 7 heteroatoms. The van der Waals surface area contributed by atoms with E-state index in [-0.39, 0.29) is 17.3 Å². The number of alkyl halides is 1. The van der Waals surface area contributed by atoms with Gasteiger partial charge in [0, 0.05) is 25.5 Å². The second kappa shape index (κ2) is 7.13. The lowest BCUT2D eigenvalue weighted by molar-refractivity contribution is -0.384. The standard InChI is InChI=1S/C12H18ClN3O3/c1-3-9(4-5-13)7-14-12(17)11-6-10(16(18)19)8-15(11)2/h6,8-9H,3-5,7H2,1-2H3,(H,14,17). The van der Waals surface area contributed by atoms with Crippen LogP contribution in [0.25, 0.3) is 0 Å². The van der Waals surface area contributed by atoms with Crippen molar-refractivity contribution in [3.63, 3.8) is 0 Å². The third-order valence-electron chi connectivity index (χ3n) is 3.08. The molecule has 1 N–H and O–H groups in total. The SMILES string of the molecule is CCC(CCCl)CNC(=O)c1cc([N+](=O)[O-])cn1C. The van der Waals surface area contributed by atoms with Crippen LogP contribution < -0.4 is 5.32 Å². The first-order valence-corrected chi connectivity index (χ1v) is 6.68. The van der Waals surface area contributed by atoms with Crippen LogP contribution in [0.3, 0.4) is 0 Å². The van der Waals surface area contributed by atoms with Gasteiger partial charge in [0.25, 0.3) is 11.6 Å². The minimum atomic E-state index is -0.515. The Morgan fingerprint density at radius 3 is 2.79 bits per heavy atom. The third-order valence-corrected chi connectivity index (χ3v) is 3.30. The van der Waals surface area contributed by atoms with Crippen LogP contribution in [0.15, 0.2) is 12.3 Å². The monoisotopic (exact) mass is 287 g/mol. The molecule has 1 heterocycles. The van der Waals surface area contributed by atoms with Gasteiger partial charge in [0.15, 0.2) is 0 Å². The van der Waals surface area contributed by atoms with Crippen molar-refractivity contribution in [1.82, 2.24) is 9.88 Å². The molecular weight excluding hydrogens is 270 g/mol. The van der Waals surface area contributed by atoms with Gasteiger partial charge in [-0.25, -0.2) is 0 Å². The van der Waals surface area contributed by atoms with E-state index in [0.717, 1.165) is 12.8 Å². The molecule has 0 bridgehead atoms. The molecule has 0 fully saturated rings. The lowest BCUT2D eigenvalue weighted by Crippen LogP contribution is -2.30. The van der Waals surface area contributed by atoms with E-state index >= 15 is 0 Å². The fraction of sp³-hybridized carbons (Fsp3) is 0.583. The molecule has 1 atom stereocenters. The predicted molar refractivity (Wildman–Crippen MR) is 73.5 cm³/mol. The zero-order valence-electron chi connectivity index (χ0n) is 11.1. The highest BCUT2D eigenvalue weighted by Crippen LogP contribution is 2.15. The first kappa shape index (κ1) is 15.5. The van der Waals surface area contributed by atoms with Crippen LogP contribution in [0.1, 0.15) is 30.3 Å². The van der Waals surface area contributed by atoms with Crippen LogP contribution in [0, 0.1) is 16.0 Å². The largest absolute Gasteiger partial charge is 0.350 e. The topological polar surface area (TPSA) is 77.2 Å². The van der Waals surface area contributed by atoms with Crippen LogP contribution in [0.4, 0.5) is 5.69 Å². The molecule has 1 aromatic rings. The number of hydrogen-bond donors (Lipinski definition) is 1. The summed E-state index contributed by atoms with van der Waals surface area (Å²) in [5, 5.41) is 13.4. The first-order valence-electron chi connectivity index (χ1n) is 6.14. The highest BCUT2D eigenvalue weighted by molar-refractivity contribution is 6.17. The summed E-state index contributed by atoms with van der Waals surface area (Å²) in [5.74, 6) is 0.588. The molecule has 0 aliphatic carbocycles. The normalized spacial score (nSPS) is 12.2. The number of aryl methyl sites for hydroxylation is 1. The van der Waals surface area contributed by atoms with Gasteiger partial charge in [-0.05, 0) is 12.3 Å². The summed E-state index contributed by atoms with van der Waals surface area (Å²) in [6, 6.07) is 1.28. The first-order chi connectivity index (χ1) is 8.99. The summed E-state index contributed by atoms with van der Waals surface area (Å²) in [6.45, 7) is 2.57. The molecule has 0 aliphatic heterocycles. The molecule has 106 valence electrons. The maximum Gasteiger partial charge on any atom is 0.287 e. The van der Waals surface area contributed by atoms with Gasteiger partial charge in [0.2, 0.25) is 0 Å². The second-order valence-corrected chi connectivity index (χ2v) is 4.79. The van der Waals surface area contributed by atoms with E-state index in [1.54, 1.807) is 7.05 Å². The number of carbonyl (C=O) groups is 1. The van der Waals surface area contributed by atoms with E-state index in [2.05, 4.69) is 5.32 Å². The summed E-state index contributed by atoms with van der Waals surface area (Å²) < 4.78 is 1.45. The van der Waals surface area contributed by atoms with Gasteiger partial charge in [0.05, 0.1) is 11.1 Å². The Balaban J connectivity index is 2.65. The maximum atomic E-state index is 11.9. The van der Waals surface area contributed by atoms with Crippen LogP contribution in [-0.4, -0.2) is 27.8 Å². The molecule has 1 aromatic heterocycles. The number of carbonyl (C=O) groups excluding carboxylic acids is 1. The molecule has 0 spiro atoms. The molecule has 6 nitrogen and oxygen atoms in total. The van der Waals surface area contributed by atoms with Gasteiger partial charge in [-0.2, -0.15) is 0 Å². The van der Waals surface area contributed by atoms with Crippen LogP contribution in [0.5, 0.6) is 0 Å². The van der Waals surface area contributed by atoms with E-state index in [1.807, 2.05) is 6.92 Å². The Bertz CT molecular complexity index is 459. The molecule has 1 unspecified atom stereocenters. The quantitative estimate of drug-likeness (QED) is 0.475. The Morgan fingerprint density at radius 1 is 1.63 bits per heavy atom. The molecular formula is C12H18ClN3O3. The third kappa shape index (κ3) is 4.24. The lowest BCUT2D eigenvalue weighted by Gasteiger charge is -2.14. The fourth-order valence-corrected chi connectivity index (χ4v) is 2.11. The highest BCUT2D eigenvalue weighted by Gasteiger charge is 2.18. The molecule has 1 amide bonds. The zero-order chi connectivity index (χ0) is 14.4. The predicted octanol–water partition coefficient (Wildman–Crippen LogP) is 2.32. The molecule has 0 aliphatic rings. The van der Waals surface area contributed by atoms with Crippen molar-refractivity contribution < 1.29 is 9.72 Å². The van der Waals surface area contributed by atoms with Gasteiger partial charge < -0.3 is 9.88 Å². The number of rotatable bonds is 7. The van der Waals surface area contributed by atoms with Crippen molar-refractivity contribution in [2.24, 2.45) is 13.0 Å². The van der Waals surface area contributed by atoms with Crippen LogP contribution in [-0.2, 0) is 7.05 Å².